The molecule has 9 heteroatoms. The van der Waals surface area contributed by atoms with Crippen molar-refractivity contribution in [1.29, 1.82) is 5.41 Å². The Labute approximate surface area is 177 Å². The number of fused-ring (bicyclic) bond motifs is 1. The predicted molar refractivity (Wildman–Crippen MR) is 117 cm³/mol. The molecule has 3 rings (SSSR count). The summed E-state index contributed by atoms with van der Waals surface area (Å²) in [6, 6.07) is 9.79. The number of phenolic OH excluding ortho intramolecular Hbond substituents is 1. The zero-order valence-electron chi connectivity index (χ0n) is 17.1. The van der Waals surface area contributed by atoms with Crippen LogP contribution in [-0.4, -0.2) is 41.2 Å². The number of rotatable bonds is 9. The van der Waals surface area contributed by atoms with Crippen LogP contribution in [0.1, 0.15) is 13.8 Å². The maximum atomic E-state index is 12.5. The minimum absolute atomic E-state index is 0.00459. The van der Waals surface area contributed by atoms with Gasteiger partial charge >= 0.3 is 0 Å². The van der Waals surface area contributed by atoms with Crippen LogP contribution in [0.15, 0.2) is 56.9 Å². The maximum absolute atomic E-state index is 12.5. The normalized spacial score (nSPS) is 13.0. The number of phenols is 1. The molecule has 2 atom stereocenters. The first-order chi connectivity index (χ1) is 14.8. The van der Waals surface area contributed by atoms with E-state index in [1.165, 1.54) is 30.3 Å². The van der Waals surface area contributed by atoms with E-state index < -0.39 is 6.10 Å². The van der Waals surface area contributed by atoms with Gasteiger partial charge in [0.2, 0.25) is 0 Å². The first kappa shape index (κ1) is 22.1. The smallest absolute Gasteiger partial charge is 0.193 e. The molecule has 9 nitrogen and oxygen atoms in total. The molecule has 1 heterocycles. The van der Waals surface area contributed by atoms with Gasteiger partial charge in [0, 0.05) is 42.1 Å². The SMILES string of the molecule is CC(=N)C(C)NC[C@@H](O)COc1ccc2c(=O)cc(-c3cc(O)cc(N=O)c3)oc2c1. The Balaban J connectivity index is 1.80. The fraction of sp³-hybridized carbons (Fsp3) is 0.273. The number of hydrogen-bond acceptors (Lipinski definition) is 9. The summed E-state index contributed by atoms with van der Waals surface area (Å²) in [6.45, 7) is 3.78. The summed E-state index contributed by atoms with van der Waals surface area (Å²) in [5, 5.41) is 33.6. The van der Waals surface area contributed by atoms with Crippen molar-refractivity contribution in [3.8, 4) is 22.8 Å². The van der Waals surface area contributed by atoms with Crippen LogP contribution in [0.5, 0.6) is 11.5 Å². The van der Waals surface area contributed by atoms with Crippen LogP contribution in [0.2, 0.25) is 0 Å². The number of hydrogen-bond donors (Lipinski definition) is 4. The summed E-state index contributed by atoms with van der Waals surface area (Å²) >= 11 is 0. The molecule has 0 aliphatic carbocycles. The highest BCUT2D eigenvalue weighted by Gasteiger charge is 2.12. The predicted octanol–water partition coefficient (Wildman–Crippen LogP) is 3.32. The fourth-order valence-corrected chi connectivity index (χ4v) is 2.87. The lowest BCUT2D eigenvalue weighted by Crippen LogP contribution is -2.39. The highest BCUT2D eigenvalue weighted by Crippen LogP contribution is 2.31. The molecule has 1 unspecified atom stereocenters. The minimum atomic E-state index is -0.794. The summed E-state index contributed by atoms with van der Waals surface area (Å²) in [5.74, 6) is 0.382. The summed E-state index contributed by atoms with van der Waals surface area (Å²) < 4.78 is 11.4. The van der Waals surface area contributed by atoms with Gasteiger partial charge in [0.1, 0.15) is 41.2 Å². The molecular weight excluding hydrogens is 402 g/mol. The van der Waals surface area contributed by atoms with Crippen LogP contribution in [0, 0.1) is 10.3 Å². The molecule has 31 heavy (non-hydrogen) atoms. The van der Waals surface area contributed by atoms with Gasteiger partial charge < -0.3 is 30.1 Å². The quantitative estimate of drug-likeness (QED) is 0.304. The van der Waals surface area contributed by atoms with Gasteiger partial charge in [-0.1, -0.05) is 0 Å². The van der Waals surface area contributed by atoms with Crippen molar-refractivity contribution in [2.24, 2.45) is 5.18 Å². The van der Waals surface area contributed by atoms with Gasteiger partial charge in [0.15, 0.2) is 5.43 Å². The van der Waals surface area contributed by atoms with E-state index in [0.29, 0.717) is 22.4 Å². The second-order valence-corrected chi connectivity index (χ2v) is 7.24. The molecule has 2 aromatic carbocycles. The molecule has 4 N–H and O–H groups in total. The summed E-state index contributed by atoms with van der Waals surface area (Å²) in [6.07, 6.45) is -0.794. The van der Waals surface area contributed by atoms with E-state index >= 15 is 0 Å². The Hall–Kier alpha value is -3.56. The first-order valence-corrected chi connectivity index (χ1v) is 9.62. The van der Waals surface area contributed by atoms with Crippen LogP contribution >= 0.6 is 0 Å². The fourth-order valence-electron chi connectivity index (χ4n) is 2.87. The molecule has 3 aromatic rings. The molecule has 0 radical (unpaired) electrons. The number of aliphatic hydroxyl groups is 1. The lowest BCUT2D eigenvalue weighted by molar-refractivity contribution is 0.106. The topological polar surface area (TPSA) is 145 Å². The molecule has 1 aromatic heterocycles. The van der Waals surface area contributed by atoms with Gasteiger partial charge in [0.05, 0.1) is 5.39 Å². The van der Waals surface area contributed by atoms with E-state index in [1.54, 1.807) is 19.1 Å². The molecule has 162 valence electrons. The first-order valence-electron chi connectivity index (χ1n) is 9.62. The van der Waals surface area contributed by atoms with Crippen molar-refractivity contribution in [3.05, 3.63) is 57.6 Å². The average Bonchev–Trinajstić information content (AvgIpc) is 2.75. The summed E-state index contributed by atoms with van der Waals surface area (Å²) in [5.41, 5.74) is 0.759. The highest BCUT2D eigenvalue weighted by molar-refractivity contribution is 5.83. The largest absolute Gasteiger partial charge is 0.508 e. The summed E-state index contributed by atoms with van der Waals surface area (Å²) in [7, 11) is 0. The van der Waals surface area contributed by atoms with Crippen LogP contribution in [0.4, 0.5) is 5.69 Å². The number of benzene rings is 2. The summed E-state index contributed by atoms with van der Waals surface area (Å²) in [4.78, 5) is 23.3. The van der Waals surface area contributed by atoms with E-state index in [1.807, 2.05) is 6.92 Å². The Morgan fingerprint density at radius 3 is 2.74 bits per heavy atom. The third-order valence-corrected chi connectivity index (χ3v) is 4.74. The number of nitroso groups, excluding NO2 is 1. The molecule has 0 aliphatic heterocycles. The van der Waals surface area contributed by atoms with Crippen molar-refractivity contribution in [2.75, 3.05) is 13.2 Å². The maximum Gasteiger partial charge on any atom is 0.193 e. The van der Waals surface area contributed by atoms with E-state index in [4.69, 9.17) is 14.6 Å². The molecule has 0 bridgehead atoms. The molecule has 0 amide bonds. The molecular formula is C22H23N3O6. The van der Waals surface area contributed by atoms with E-state index in [2.05, 4.69) is 10.5 Å². The number of aliphatic hydroxyl groups excluding tert-OH is 1. The van der Waals surface area contributed by atoms with Gasteiger partial charge in [-0.3, -0.25) is 4.79 Å². The molecule has 0 spiro atoms. The van der Waals surface area contributed by atoms with Crippen LogP contribution in [0.3, 0.4) is 0 Å². The zero-order chi connectivity index (χ0) is 22.5. The number of aromatic hydroxyl groups is 1. The number of nitrogens with zero attached hydrogens (tertiary/aromatic N) is 1. The zero-order valence-corrected chi connectivity index (χ0v) is 17.1. The van der Waals surface area contributed by atoms with Gasteiger partial charge in [-0.05, 0) is 43.3 Å². The minimum Gasteiger partial charge on any atom is -0.508 e. The van der Waals surface area contributed by atoms with Crippen molar-refractivity contribution in [1.82, 2.24) is 5.32 Å². The Bertz CT molecular complexity index is 1170. The van der Waals surface area contributed by atoms with Crippen molar-refractivity contribution < 1.29 is 19.4 Å². The lowest BCUT2D eigenvalue weighted by Gasteiger charge is -2.17. The van der Waals surface area contributed by atoms with Crippen molar-refractivity contribution >= 4 is 22.4 Å². The average molecular weight is 425 g/mol. The van der Waals surface area contributed by atoms with E-state index in [0.717, 1.165) is 0 Å². The van der Waals surface area contributed by atoms with Crippen molar-refractivity contribution in [2.45, 2.75) is 26.0 Å². The van der Waals surface area contributed by atoms with Gasteiger partial charge in [0.25, 0.3) is 0 Å². The van der Waals surface area contributed by atoms with Crippen LogP contribution in [-0.2, 0) is 0 Å². The van der Waals surface area contributed by atoms with Crippen molar-refractivity contribution in [3.63, 3.8) is 0 Å². The lowest BCUT2D eigenvalue weighted by atomic mass is 10.1. The van der Waals surface area contributed by atoms with E-state index in [-0.39, 0.29) is 47.4 Å². The van der Waals surface area contributed by atoms with Crippen LogP contribution < -0.4 is 15.5 Å². The van der Waals surface area contributed by atoms with Crippen LogP contribution in [0.25, 0.3) is 22.3 Å². The number of nitrogens with one attached hydrogen (secondary N) is 2. The third-order valence-electron chi connectivity index (χ3n) is 4.74. The van der Waals surface area contributed by atoms with Gasteiger partial charge in [-0.25, -0.2) is 0 Å². The number of ether oxygens (including phenoxy) is 1. The van der Waals surface area contributed by atoms with Gasteiger partial charge in [-0.2, -0.15) is 0 Å². The monoisotopic (exact) mass is 425 g/mol. The Morgan fingerprint density at radius 2 is 2.03 bits per heavy atom. The molecule has 0 saturated heterocycles. The highest BCUT2D eigenvalue weighted by atomic mass is 16.5. The van der Waals surface area contributed by atoms with Gasteiger partial charge in [-0.15, -0.1) is 4.91 Å². The molecule has 0 aliphatic rings. The molecule has 0 fully saturated rings. The van der Waals surface area contributed by atoms with E-state index in [9.17, 15) is 19.9 Å². The Morgan fingerprint density at radius 1 is 1.26 bits per heavy atom. The Kier molecular flexibility index (Phi) is 6.78. The second-order valence-electron chi connectivity index (χ2n) is 7.24. The molecule has 0 saturated carbocycles. The third kappa shape index (κ3) is 5.53. The second kappa shape index (κ2) is 9.50. The standard InChI is InChI=1S/C22H23N3O6/c1-12(23)13(2)24-10-17(27)11-30-18-3-4-19-20(28)9-21(31-22(19)8-18)14-5-15(25-29)7-16(26)6-14/h3-9,13,17,23-24,26-27H,10-11H2,1-2H3/t13?,17-/m1/s1.